The minimum atomic E-state index is -0.278. The van der Waals surface area contributed by atoms with Gasteiger partial charge < -0.3 is 9.88 Å². The van der Waals surface area contributed by atoms with Crippen LogP contribution in [0.4, 0.5) is 0 Å². The molecule has 0 radical (unpaired) electrons. The number of fused-ring (bicyclic) bond motifs is 5. The highest BCUT2D eigenvalue weighted by atomic mass is 16.2. The van der Waals surface area contributed by atoms with Crippen LogP contribution >= 0.6 is 0 Å². The molecule has 0 aliphatic carbocycles. The van der Waals surface area contributed by atoms with E-state index in [2.05, 4.69) is 31.0 Å². The van der Waals surface area contributed by atoms with Crippen molar-refractivity contribution in [2.75, 3.05) is 6.54 Å². The molecule has 3 aliphatic heterocycles. The number of amides is 2. The van der Waals surface area contributed by atoms with Gasteiger partial charge >= 0.3 is 0 Å². The molecule has 4 heterocycles. The number of aromatic nitrogens is 1. The van der Waals surface area contributed by atoms with E-state index < -0.39 is 0 Å². The molecule has 2 atom stereocenters. The maximum absolute atomic E-state index is 13.3. The summed E-state index contributed by atoms with van der Waals surface area (Å²) in [7, 11) is 0. The van der Waals surface area contributed by atoms with Crippen LogP contribution in [-0.4, -0.2) is 39.2 Å². The van der Waals surface area contributed by atoms with Crippen LogP contribution in [0, 0.1) is 5.92 Å². The first-order chi connectivity index (χ1) is 12.6. The average Bonchev–Trinajstić information content (AvgIpc) is 3.24. The predicted octanol–water partition coefficient (Wildman–Crippen LogP) is 3.44. The van der Waals surface area contributed by atoms with Gasteiger partial charge in [0.25, 0.3) is 11.8 Å². The number of rotatable bonds is 2. The van der Waals surface area contributed by atoms with Crippen LogP contribution in [0.3, 0.4) is 0 Å². The van der Waals surface area contributed by atoms with Crippen molar-refractivity contribution in [3.8, 4) is 0 Å². The highest BCUT2D eigenvalue weighted by Crippen LogP contribution is 2.44. The molecular formula is C21H23N3O2. The van der Waals surface area contributed by atoms with Gasteiger partial charge in [0, 0.05) is 28.7 Å². The molecule has 2 amide bonds. The zero-order valence-corrected chi connectivity index (χ0v) is 15.2. The van der Waals surface area contributed by atoms with Gasteiger partial charge in [-0.3, -0.25) is 14.5 Å². The van der Waals surface area contributed by atoms with Gasteiger partial charge in [-0.15, -0.1) is 0 Å². The molecule has 0 bridgehead atoms. The Hall–Kier alpha value is -2.56. The highest BCUT2D eigenvalue weighted by molar-refractivity contribution is 6.10. The predicted molar refractivity (Wildman–Crippen MR) is 100 cm³/mol. The number of nitrogens with zero attached hydrogens (tertiary/aromatic N) is 2. The van der Waals surface area contributed by atoms with E-state index in [4.69, 9.17) is 0 Å². The number of H-pyrrole nitrogens is 1. The SMILES string of the molecule is CC(C)C[C@H]1c2[nH]c3ccccc3c2C=C2C(=O)N3CCC[C@H]3C(=O)N21. The summed E-state index contributed by atoms with van der Waals surface area (Å²) in [5.74, 6) is 0.517. The van der Waals surface area contributed by atoms with Gasteiger partial charge in [-0.25, -0.2) is 0 Å². The van der Waals surface area contributed by atoms with Crippen molar-refractivity contribution in [3.63, 3.8) is 0 Å². The highest BCUT2D eigenvalue weighted by Gasteiger charge is 2.49. The summed E-state index contributed by atoms with van der Waals surface area (Å²) >= 11 is 0. The second-order valence-corrected chi connectivity index (χ2v) is 8.04. The zero-order valence-electron chi connectivity index (χ0n) is 15.2. The minimum Gasteiger partial charge on any atom is -0.356 e. The van der Waals surface area contributed by atoms with Crippen LogP contribution in [0.25, 0.3) is 17.0 Å². The fraction of sp³-hybridized carbons (Fsp3) is 0.429. The first-order valence-electron chi connectivity index (χ1n) is 9.52. The van der Waals surface area contributed by atoms with Crippen molar-refractivity contribution in [2.45, 2.75) is 45.2 Å². The van der Waals surface area contributed by atoms with Gasteiger partial charge in [0.2, 0.25) is 0 Å². The Labute approximate surface area is 152 Å². The second-order valence-electron chi connectivity index (χ2n) is 8.04. The quantitative estimate of drug-likeness (QED) is 0.903. The molecule has 134 valence electrons. The molecule has 1 aromatic carbocycles. The van der Waals surface area contributed by atoms with Crippen molar-refractivity contribution in [3.05, 3.63) is 41.2 Å². The Morgan fingerprint density at radius 3 is 2.85 bits per heavy atom. The Balaban J connectivity index is 1.73. The fourth-order valence-electron chi connectivity index (χ4n) is 4.79. The number of nitrogens with one attached hydrogen (secondary N) is 1. The van der Waals surface area contributed by atoms with E-state index in [-0.39, 0.29) is 23.9 Å². The number of hydrogen-bond donors (Lipinski definition) is 1. The van der Waals surface area contributed by atoms with E-state index in [0.717, 1.165) is 41.4 Å². The van der Waals surface area contributed by atoms with Gasteiger partial charge in [-0.05, 0) is 37.3 Å². The largest absolute Gasteiger partial charge is 0.356 e. The van der Waals surface area contributed by atoms with Crippen molar-refractivity contribution >= 4 is 28.8 Å². The van der Waals surface area contributed by atoms with Gasteiger partial charge in [-0.1, -0.05) is 32.0 Å². The molecule has 2 aromatic rings. The smallest absolute Gasteiger partial charge is 0.271 e. The second kappa shape index (κ2) is 5.47. The first-order valence-corrected chi connectivity index (χ1v) is 9.52. The topological polar surface area (TPSA) is 56.4 Å². The van der Waals surface area contributed by atoms with E-state index in [1.807, 2.05) is 18.2 Å². The summed E-state index contributed by atoms with van der Waals surface area (Å²) in [5, 5.41) is 1.12. The van der Waals surface area contributed by atoms with E-state index in [9.17, 15) is 9.59 Å². The van der Waals surface area contributed by atoms with Crippen LogP contribution in [0.2, 0.25) is 0 Å². The third-order valence-corrected chi connectivity index (χ3v) is 5.91. The van der Waals surface area contributed by atoms with Gasteiger partial charge in [0.05, 0.1) is 6.04 Å². The number of carbonyl (C=O) groups excluding carboxylic acids is 2. The van der Waals surface area contributed by atoms with E-state index >= 15 is 0 Å². The van der Waals surface area contributed by atoms with Crippen LogP contribution in [-0.2, 0) is 9.59 Å². The van der Waals surface area contributed by atoms with Gasteiger partial charge in [0.1, 0.15) is 11.7 Å². The van der Waals surface area contributed by atoms with Crippen molar-refractivity contribution < 1.29 is 9.59 Å². The molecule has 5 rings (SSSR count). The van der Waals surface area contributed by atoms with Crippen molar-refractivity contribution in [1.29, 1.82) is 0 Å². The molecule has 26 heavy (non-hydrogen) atoms. The molecule has 2 fully saturated rings. The van der Waals surface area contributed by atoms with E-state index in [1.54, 1.807) is 9.80 Å². The third-order valence-electron chi connectivity index (χ3n) is 5.91. The molecule has 5 heteroatoms. The molecule has 0 saturated carbocycles. The minimum absolute atomic E-state index is 0.0109. The summed E-state index contributed by atoms with van der Waals surface area (Å²) in [5.41, 5.74) is 3.74. The summed E-state index contributed by atoms with van der Waals surface area (Å²) in [6.07, 6.45) is 4.46. The fourth-order valence-corrected chi connectivity index (χ4v) is 4.79. The summed E-state index contributed by atoms with van der Waals surface area (Å²) in [6, 6.07) is 7.78. The van der Waals surface area contributed by atoms with E-state index in [0.29, 0.717) is 18.2 Å². The molecular weight excluding hydrogens is 326 g/mol. The van der Waals surface area contributed by atoms with Gasteiger partial charge in [-0.2, -0.15) is 0 Å². The first kappa shape index (κ1) is 15.7. The Kier molecular flexibility index (Phi) is 3.30. The number of hydrogen-bond acceptors (Lipinski definition) is 2. The van der Waals surface area contributed by atoms with Crippen LogP contribution in [0.1, 0.15) is 50.4 Å². The molecule has 5 nitrogen and oxygen atoms in total. The van der Waals surface area contributed by atoms with Crippen molar-refractivity contribution in [1.82, 2.24) is 14.8 Å². The normalized spacial score (nSPS) is 24.8. The van der Waals surface area contributed by atoms with Crippen molar-refractivity contribution in [2.24, 2.45) is 5.92 Å². The average molecular weight is 349 g/mol. The summed E-state index contributed by atoms with van der Waals surface area (Å²) < 4.78 is 0. The number of benzene rings is 1. The Morgan fingerprint density at radius 2 is 2.04 bits per heavy atom. The number of aromatic amines is 1. The molecule has 0 spiro atoms. The number of para-hydroxylation sites is 1. The lowest BCUT2D eigenvalue weighted by Crippen LogP contribution is -2.57. The lowest BCUT2D eigenvalue weighted by molar-refractivity contribution is -0.151. The standard InChI is InChI=1S/C21H23N3O2/c1-12(2)10-17-19-14(13-6-3-4-7-15(13)22-19)11-18-20(25)23-9-5-8-16(23)21(26)24(17)18/h3-4,6-7,11-12,16-17,22H,5,8-10H2,1-2H3/t16-,17-/m0/s1. The molecule has 2 saturated heterocycles. The number of carbonyl (C=O) groups is 2. The summed E-state index contributed by atoms with van der Waals surface area (Å²) in [6.45, 7) is 5.02. The maximum atomic E-state index is 13.3. The van der Waals surface area contributed by atoms with Crippen LogP contribution in [0.5, 0.6) is 0 Å². The van der Waals surface area contributed by atoms with Crippen LogP contribution < -0.4 is 0 Å². The lowest BCUT2D eigenvalue weighted by Gasteiger charge is -2.44. The molecule has 1 N–H and O–H groups in total. The number of piperazine rings is 1. The molecule has 1 aromatic heterocycles. The maximum Gasteiger partial charge on any atom is 0.271 e. The molecule has 0 unspecified atom stereocenters. The molecule has 3 aliphatic rings. The monoisotopic (exact) mass is 349 g/mol. The van der Waals surface area contributed by atoms with E-state index in [1.165, 1.54) is 0 Å². The third kappa shape index (κ3) is 2.03. The lowest BCUT2D eigenvalue weighted by atomic mass is 9.90. The van der Waals surface area contributed by atoms with Gasteiger partial charge in [0.15, 0.2) is 0 Å². The van der Waals surface area contributed by atoms with Crippen LogP contribution in [0.15, 0.2) is 30.0 Å². The zero-order chi connectivity index (χ0) is 18.0. The Morgan fingerprint density at radius 1 is 1.23 bits per heavy atom. The summed E-state index contributed by atoms with van der Waals surface area (Å²) in [4.78, 5) is 33.5. The Bertz CT molecular complexity index is 955.